The average molecular weight is 479 g/mol. The minimum atomic E-state index is -0.310. The van der Waals surface area contributed by atoms with Gasteiger partial charge in [-0.15, -0.1) is 0 Å². The van der Waals surface area contributed by atoms with Crippen molar-refractivity contribution in [2.24, 2.45) is 4.99 Å². The first kappa shape index (κ1) is 23.4. The highest BCUT2D eigenvalue weighted by Gasteiger charge is 2.24. The summed E-state index contributed by atoms with van der Waals surface area (Å²) in [4.78, 5) is 17.4. The van der Waals surface area contributed by atoms with Crippen LogP contribution in [0.4, 0.5) is 10.1 Å². The minimum Gasteiger partial charge on any atom is -0.497 e. The Balaban J connectivity index is 1.49. The van der Waals surface area contributed by atoms with Gasteiger partial charge in [-0.1, -0.05) is 18.2 Å². The number of halogens is 1. The molecule has 3 aromatic carbocycles. The lowest BCUT2D eigenvalue weighted by Crippen LogP contribution is -2.19. The molecular formula is C26H23FN2O4S. The number of nitrogens with one attached hydrogen (secondary N) is 1. The zero-order valence-electron chi connectivity index (χ0n) is 18.7. The molecule has 4 rings (SSSR count). The van der Waals surface area contributed by atoms with E-state index in [-0.39, 0.29) is 18.3 Å². The Morgan fingerprint density at radius 3 is 2.59 bits per heavy atom. The number of aliphatic imine (C=N–C) groups is 1. The van der Waals surface area contributed by atoms with Gasteiger partial charge in [0.2, 0.25) is 0 Å². The first-order chi connectivity index (χ1) is 16.5. The molecule has 1 aliphatic heterocycles. The molecule has 0 aliphatic carbocycles. The topological polar surface area (TPSA) is 69.2 Å². The number of methoxy groups -OCH3 is 1. The summed E-state index contributed by atoms with van der Waals surface area (Å²) in [6.45, 7) is 2.54. The van der Waals surface area contributed by atoms with Crippen LogP contribution in [0.15, 0.2) is 76.6 Å². The third-order valence-corrected chi connectivity index (χ3v) is 5.71. The van der Waals surface area contributed by atoms with Gasteiger partial charge in [-0.05, 0) is 84.4 Å². The van der Waals surface area contributed by atoms with E-state index < -0.39 is 0 Å². The fourth-order valence-corrected chi connectivity index (χ4v) is 4.04. The number of hydrogen-bond donors (Lipinski definition) is 1. The fraction of sp³-hybridized carbons (Fsp3) is 0.154. The lowest BCUT2D eigenvalue weighted by Gasteiger charge is -2.13. The average Bonchev–Trinajstić information content (AvgIpc) is 3.17. The van der Waals surface area contributed by atoms with Crippen LogP contribution in [0, 0.1) is 5.82 Å². The number of thioether (sulfide) groups is 1. The number of rotatable bonds is 8. The van der Waals surface area contributed by atoms with Crippen molar-refractivity contribution >= 4 is 34.6 Å². The van der Waals surface area contributed by atoms with E-state index in [1.165, 1.54) is 23.9 Å². The Morgan fingerprint density at radius 1 is 1.03 bits per heavy atom. The highest BCUT2D eigenvalue weighted by atomic mass is 32.2. The van der Waals surface area contributed by atoms with E-state index >= 15 is 0 Å². The molecule has 0 aromatic heterocycles. The summed E-state index contributed by atoms with van der Waals surface area (Å²) in [6.07, 6.45) is 1.77. The molecule has 1 amide bonds. The number of carbonyl (C=O) groups is 1. The maximum Gasteiger partial charge on any atom is 0.264 e. The molecule has 1 aliphatic rings. The molecule has 1 N–H and O–H groups in total. The van der Waals surface area contributed by atoms with Crippen molar-refractivity contribution in [3.8, 4) is 17.2 Å². The van der Waals surface area contributed by atoms with E-state index in [2.05, 4.69) is 10.3 Å². The molecule has 0 spiro atoms. The van der Waals surface area contributed by atoms with Gasteiger partial charge >= 0.3 is 0 Å². The maximum absolute atomic E-state index is 13.4. The van der Waals surface area contributed by atoms with Crippen LogP contribution in [-0.4, -0.2) is 24.8 Å². The number of carbonyl (C=O) groups excluding carboxylic acids is 1. The molecule has 0 saturated carbocycles. The molecule has 3 aromatic rings. The molecule has 174 valence electrons. The number of nitrogens with zero attached hydrogens (tertiary/aromatic N) is 1. The van der Waals surface area contributed by atoms with E-state index in [0.717, 1.165) is 16.9 Å². The molecule has 1 saturated heterocycles. The van der Waals surface area contributed by atoms with Gasteiger partial charge in [-0.25, -0.2) is 9.38 Å². The zero-order valence-corrected chi connectivity index (χ0v) is 19.5. The monoisotopic (exact) mass is 478 g/mol. The number of amides is 1. The van der Waals surface area contributed by atoms with Crippen molar-refractivity contribution in [1.82, 2.24) is 5.32 Å². The fourth-order valence-electron chi connectivity index (χ4n) is 3.20. The number of ether oxygens (including phenoxy) is 3. The highest BCUT2D eigenvalue weighted by Crippen LogP contribution is 2.33. The molecular weight excluding hydrogens is 455 g/mol. The van der Waals surface area contributed by atoms with Crippen LogP contribution in [-0.2, 0) is 11.4 Å². The first-order valence-electron chi connectivity index (χ1n) is 10.6. The zero-order chi connectivity index (χ0) is 23.9. The largest absolute Gasteiger partial charge is 0.497 e. The van der Waals surface area contributed by atoms with E-state index in [4.69, 9.17) is 14.2 Å². The summed E-state index contributed by atoms with van der Waals surface area (Å²) in [5.41, 5.74) is 2.21. The molecule has 34 heavy (non-hydrogen) atoms. The van der Waals surface area contributed by atoms with Crippen LogP contribution in [0.3, 0.4) is 0 Å². The number of hydrogen-bond acceptors (Lipinski definition) is 6. The number of amidine groups is 1. The Hall–Kier alpha value is -3.78. The van der Waals surface area contributed by atoms with Gasteiger partial charge in [0.15, 0.2) is 16.7 Å². The van der Waals surface area contributed by atoms with Gasteiger partial charge in [-0.3, -0.25) is 4.79 Å². The van der Waals surface area contributed by atoms with Crippen molar-refractivity contribution in [2.45, 2.75) is 13.5 Å². The third kappa shape index (κ3) is 5.96. The van der Waals surface area contributed by atoms with Crippen LogP contribution < -0.4 is 19.5 Å². The van der Waals surface area contributed by atoms with Gasteiger partial charge in [0.1, 0.15) is 18.2 Å². The van der Waals surface area contributed by atoms with Gasteiger partial charge in [-0.2, -0.15) is 0 Å². The van der Waals surface area contributed by atoms with E-state index in [0.29, 0.717) is 33.9 Å². The molecule has 0 unspecified atom stereocenters. The normalized spacial score (nSPS) is 15.4. The molecule has 0 bridgehead atoms. The summed E-state index contributed by atoms with van der Waals surface area (Å²) >= 11 is 1.26. The lowest BCUT2D eigenvalue weighted by atomic mass is 10.2. The Bertz CT molecular complexity index is 1240. The second-order valence-electron chi connectivity index (χ2n) is 7.24. The Morgan fingerprint density at radius 2 is 1.85 bits per heavy atom. The SMILES string of the molecule is CCOc1cc(/C=C2/SC(=Nc3ccc(OC)cc3)NC2=O)ccc1OCc1cccc(F)c1. The van der Waals surface area contributed by atoms with Crippen LogP contribution in [0.1, 0.15) is 18.1 Å². The van der Waals surface area contributed by atoms with Crippen molar-refractivity contribution in [3.63, 3.8) is 0 Å². The van der Waals surface area contributed by atoms with Gasteiger partial charge in [0, 0.05) is 0 Å². The second-order valence-corrected chi connectivity index (χ2v) is 8.27. The van der Waals surface area contributed by atoms with Crippen molar-refractivity contribution in [2.75, 3.05) is 13.7 Å². The predicted octanol–water partition coefficient (Wildman–Crippen LogP) is 5.70. The van der Waals surface area contributed by atoms with Crippen LogP contribution in [0.25, 0.3) is 6.08 Å². The lowest BCUT2D eigenvalue weighted by molar-refractivity contribution is -0.115. The second kappa shape index (κ2) is 10.9. The Labute approximate surface area is 201 Å². The highest BCUT2D eigenvalue weighted by molar-refractivity contribution is 8.18. The molecule has 8 heteroatoms. The summed E-state index contributed by atoms with van der Waals surface area (Å²) in [5, 5.41) is 3.28. The minimum absolute atomic E-state index is 0.210. The standard InChI is InChI=1S/C26H23FN2O4S/c1-3-32-23-14-17(7-12-22(23)33-16-18-5-4-6-19(27)13-18)15-24-25(30)29-26(34-24)28-20-8-10-21(31-2)11-9-20/h4-15H,3,16H2,1-2H3,(H,28,29,30)/b24-15+. The third-order valence-electron chi connectivity index (χ3n) is 4.80. The van der Waals surface area contributed by atoms with Crippen LogP contribution in [0.2, 0.25) is 0 Å². The van der Waals surface area contributed by atoms with Crippen molar-refractivity contribution < 1.29 is 23.4 Å². The summed E-state index contributed by atoms with van der Waals surface area (Å²) in [5.74, 6) is 1.29. The van der Waals surface area contributed by atoms with Crippen molar-refractivity contribution in [3.05, 3.63) is 88.6 Å². The smallest absolute Gasteiger partial charge is 0.264 e. The van der Waals surface area contributed by atoms with Crippen LogP contribution >= 0.6 is 11.8 Å². The quantitative estimate of drug-likeness (QED) is 0.421. The summed E-state index contributed by atoms with van der Waals surface area (Å²) in [7, 11) is 1.60. The molecule has 0 atom stereocenters. The molecule has 0 radical (unpaired) electrons. The van der Waals surface area contributed by atoms with Gasteiger partial charge in [0.05, 0.1) is 24.3 Å². The predicted molar refractivity (Wildman–Crippen MR) is 132 cm³/mol. The number of benzene rings is 3. The maximum atomic E-state index is 13.4. The summed E-state index contributed by atoms with van der Waals surface area (Å²) < 4.78 is 30.2. The van der Waals surface area contributed by atoms with E-state index in [9.17, 15) is 9.18 Å². The van der Waals surface area contributed by atoms with Gasteiger partial charge in [0.25, 0.3) is 5.91 Å². The van der Waals surface area contributed by atoms with E-state index in [1.807, 2.05) is 43.3 Å². The molecule has 1 fully saturated rings. The Kier molecular flexibility index (Phi) is 7.49. The van der Waals surface area contributed by atoms with Crippen molar-refractivity contribution in [1.29, 1.82) is 0 Å². The summed E-state index contributed by atoms with van der Waals surface area (Å²) in [6, 6.07) is 18.9. The molecule has 6 nitrogen and oxygen atoms in total. The van der Waals surface area contributed by atoms with E-state index in [1.54, 1.807) is 31.4 Å². The first-order valence-corrected chi connectivity index (χ1v) is 11.4. The van der Waals surface area contributed by atoms with Gasteiger partial charge < -0.3 is 19.5 Å². The molecule has 1 heterocycles. The van der Waals surface area contributed by atoms with Crippen LogP contribution in [0.5, 0.6) is 17.2 Å².